The molecule has 6 nitrogen and oxygen atoms in total. The van der Waals surface area contributed by atoms with E-state index < -0.39 is 26.4 Å². The molecule has 1 heterocycles. The number of halogens is 2. The van der Waals surface area contributed by atoms with Crippen LogP contribution in [0.25, 0.3) is 11.4 Å². The van der Waals surface area contributed by atoms with Crippen molar-refractivity contribution in [3.05, 3.63) is 35.7 Å². The summed E-state index contributed by atoms with van der Waals surface area (Å²) in [5, 5.41) is 6.99. The van der Waals surface area contributed by atoms with Gasteiger partial charge in [0.15, 0.2) is 17.5 Å². The maximum atomic E-state index is 13.4. The average Bonchev–Trinajstić information content (AvgIpc) is 3.07. The Labute approximate surface area is 157 Å². The van der Waals surface area contributed by atoms with Gasteiger partial charge in [-0.2, -0.15) is 5.10 Å². The Morgan fingerprint density at radius 1 is 1.11 bits per heavy atom. The van der Waals surface area contributed by atoms with E-state index in [0.717, 1.165) is 25.0 Å². The quantitative estimate of drug-likeness (QED) is 0.825. The third-order valence-corrected chi connectivity index (χ3v) is 7.18. The molecule has 0 atom stereocenters. The van der Waals surface area contributed by atoms with Gasteiger partial charge in [0.1, 0.15) is 5.82 Å². The molecular weight excluding hydrogens is 374 g/mol. The van der Waals surface area contributed by atoms with Gasteiger partial charge in [0.25, 0.3) is 0 Å². The molecule has 2 aromatic rings. The van der Waals surface area contributed by atoms with Crippen LogP contribution in [0.5, 0.6) is 0 Å². The van der Waals surface area contributed by atoms with E-state index in [1.807, 2.05) is 0 Å². The molecule has 1 saturated carbocycles. The Kier molecular flexibility index (Phi) is 5.36. The van der Waals surface area contributed by atoms with Crippen molar-refractivity contribution in [3.63, 3.8) is 0 Å². The Morgan fingerprint density at radius 3 is 2.37 bits per heavy atom. The molecule has 3 rings (SSSR count). The first-order valence-corrected chi connectivity index (χ1v) is 10.4. The van der Waals surface area contributed by atoms with Gasteiger partial charge in [-0.15, -0.1) is 0 Å². The molecule has 0 bridgehead atoms. The second-order valence-electron chi connectivity index (χ2n) is 7.96. The van der Waals surface area contributed by atoms with Crippen molar-refractivity contribution in [1.82, 2.24) is 19.9 Å². The summed E-state index contributed by atoms with van der Waals surface area (Å²) in [5.41, 5.74) is 0.406. The van der Waals surface area contributed by atoms with Gasteiger partial charge < -0.3 is 0 Å². The zero-order chi connectivity index (χ0) is 19.8. The molecule has 2 N–H and O–H groups in total. The van der Waals surface area contributed by atoms with Crippen molar-refractivity contribution in [3.8, 4) is 11.4 Å². The molecule has 1 aromatic heterocycles. The van der Waals surface area contributed by atoms with Crippen LogP contribution in [0, 0.1) is 11.6 Å². The monoisotopic (exact) mass is 398 g/mol. The fourth-order valence-corrected chi connectivity index (χ4v) is 4.13. The van der Waals surface area contributed by atoms with E-state index in [9.17, 15) is 17.2 Å². The summed E-state index contributed by atoms with van der Waals surface area (Å²) >= 11 is 0. The van der Waals surface area contributed by atoms with Crippen molar-refractivity contribution in [2.45, 2.75) is 63.2 Å². The molecule has 0 radical (unpaired) electrons. The van der Waals surface area contributed by atoms with Gasteiger partial charge in [0.05, 0.1) is 4.75 Å². The first-order valence-electron chi connectivity index (χ1n) is 8.96. The van der Waals surface area contributed by atoms with E-state index in [2.05, 4.69) is 19.9 Å². The zero-order valence-electron chi connectivity index (χ0n) is 15.6. The molecule has 148 valence electrons. The molecule has 1 aromatic carbocycles. The standard InChI is InChI=1S/C18H24F2N4O2S/c1-18(2,3)27(25,26)24-13-7-4-11(5-8-13)16-21-17(23-22-16)12-6-9-14(19)15(20)10-12/h6,9-11,13,24H,4-5,7-8H2,1-3H3,(H,21,22,23). The first kappa shape index (κ1) is 19.9. The van der Waals surface area contributed by atoms with Crippen LogP contribution < -0.4 is 4.72 Å². The van der Waals surface area contributed by atoms with Crippen molar-refractivity contribution < 1.29 is 17.2 Å². The number of nitrogens with zero attached hydrogens (tertiary/aromatic N) is 2. The smallest absolute Gasteiger partial charge is 0.216 e. The molecule has 1 fully saturated rings. The summed E-state index contributed by atoms with van der Waals surface area (Å²) in [5.74, 6) is -0.714. The first-order chi connectivity index (χ1) is 12.6. The molecule has 1 aliphatic carbocycles. The van der Waals surface area contributed by atoms with Gasteiger partial charge in [-0.1, -0.05) is 0 Å². The van der Waals surface area contributed by atoms with Crippen LogP contribution in [0.1, 0.15) is 58.2 Å². The lowest BCUT2D eigenvalue weighted by molar-refractivity contribution is 0.363. The highest BCUT2D eigenvalue weighted by atomic mass is 32.2. The summed E-state index contributed by atoms with van der Waals surface area (Å²) in [6.07, 6.45) is 2.95. The van der Waals surface area contributed by atoms with Crippen LogP contribution >= 0.6 is 0 Å². The van der Waals surface area contributed by atoms with Crippen LogP contribution in [-0.4, -0.2) is 34.4 Å². The normalized spacial score (nSPS) is 21.4. The number of hydrogen-bond donors (Lipinski definition) is 2. The average molecular weight is 398 g/mol. The second-order valence-corrected chi connectivity index (χ2v) is 10.4. The van der Waals surface area contributed by atoms with Crippen LogP contribution in [0.3, 0.4) is 0 Å². The minimum atomic E-state index is -3.37. The van der Waals surface area contributed by atoms with Crippen molar-refractivity contribution >= 4 is 10.0 Å². The van der Waals surface area contributed by atoms with Gasteiger partial charge >= 0.3 is 0 Å². The largest absolute Gasteiger partial charge is 0.262 e. The SMILES string of the molecule is CC(C)(C)S(=O)(=O)NC1CCC(c2nc(-c3ccc(F)c(F)c3)n[nH]2)CC1. The third kappa shape index (κ3) is 4.35. The number of H-pyrrole nitrogens is 1. The Morgan fingerprint density at radius 2 is 1.78 bits per heavy atom. The summed E-state index contributed by atoms with van der Waals surface area (Å²) in [6, 6.07) is 3.47. The van der Waals surface area contributed by atoms with Crippen LogP contribution in [0.15, 0.2) is 18.2 Å². The molecule has 0 amide bonds. The molecule has 9 heteroatoms. The van der Waals surface area contributed by atoms with Gasteiger partial charge in [-0.05, 0) is 64.7 Å². The highest BCUT2D eigenvalue weighted by Gasteiger charge is 2.33. The van der Waals surface area contributed by atoms with E-state index >= 15 is 0 Å². The summed E-state index contributed by atoms with van der Waals surface area (Å²) in [7, 11) is -3.37. The zero-order valence-corrected chi connectivity index (χ0v) is 16.4. The van der Waals surface area contributed by atoms with E-state index in [-0.39, 0.29) is 12.0 Å². The molecule has 0 unspecified atom stereocenters. The predicted molar refractivity (Wildman–Crippen MR) is 98.5 cm³/mol. The van der Waals surface area contributed by atoms with E-state index in [1.54, 1.807) is 20.8 Å². The fraction of sp³-hybridized carbons (Fsp3) is 0.556. The van der Waals surface area contributed by atoms with E-state index in [4.69, 9.17) is 0 Å². The minimum absolute atomic E-state index is 0.0842. The maximum absolute atomic E-state index is 13.4. The van der Waals surface area contributed by atoms with E-state index in [0.29, 0.717) is 30.1 Å². The second kappa shape index (κ2) is 7.27. The van der Waals surface area contributed by atoms with Gasteiger partial charge in [-0.25, -0.2) is 26.9 Å². The molecule has 27 heavy (non-hydrogen) atoms. The Bertz CT molecular complexity index is 914. The minimum Gasteiger partial charge on any atom is -0.262 e. The number of nitrogens with one attached hydrogen (secondary N) is 2. The molecular formula is C18H24F2N4O2S. The third-order valence-electron chi connectivity index (χ3n) is 4.92. The van der Waals surface area contributed by atoms with Gasteiger partial charge in [-0.3, -0.25) is 5.10 Å². The molecule has 0 aliphatic heterocycles. The molecule has 0 saturated heterocycles. The lowest BCUT2D eigenvalue weighted by atomic mass is 9.86. The summed E-state index contributed by atoms with van der Waals surface area (Å²) in [4.78, 5) is 4.42. The maximum Gasteiger partial charge on any atom is 0.216 e. The lowest BCUT2D eigenvalue weighted by Crippen LogP contribution is -2.45. The predicted octanol–water partition coefficient (Wildman–Crippen LogP) is 3.49. The van der Waals surface area contributed by atoms with Crippen molar-refractivity contribution in [2.75, 3.05) is 0 Å². The van der Waals surface area contributed by atoms with Gasteiger partial charge in [0.2, 0.25) is 10.0 Å². The Hall–Kier alpha value is -1.87. The molecule has 1 aliphatic rings. The number of benzene rings is 1. The number of sulfonamides is 1. The number of aromatic amines is 1. The summed E-state index contributed by atoms with van der Waals surface area (Å²) in [6.45, 7) is 5.03. The number of hydrogen-bond acceptors (Lipinski definition) is 4. The van der Waals surface area contributed by atoms with Crippen molar-refractivity contribution in [2.24, 2.45) is 0 Å². The number of rotatable bonds is 4. The highest BCUT2D eigenvalue weighted by Crippen LogP contribution is 2.32. The fourth-order valence-electron chi connectivity index (χ4n) is 3.10. The molecule has 0 spiro atoms. The van der Waals surface area contributed by atoms with E-state index in [1.165, 1.54) is 6.07 Å². The van der Waals surface area contributed by atoms with Crippen LogP contribution in [-0.2, 0) is 10.0 Å². The summed E-state index contributed by atoms with van der Waals surface area (Å²) < 4.78 is 53.0. The topological polar surface area (TPSA) is 87.7 Å². The highest BCUT2D eigenvalue weighted by molar-refractivity contribution is 7.90. The Balaban J connectivity index is 1.64. The van der Waals surface area contributed by atoms with Crippen LogP contribution in [0.2, 0.25) is 0 Å². The van der Waals surface area contributed by atoms with Gasteiger partial charge in [0, 0.05) is 17.5 Å². The lowest BCUT2D eigenvalue weighted by Gasteiger charge is -2.30. The van der Waals surface area contributed by atoms with Crippen molar-refractivity contribution in [1.29, 1.82) is 0 Å². The van der Waals surface area contributed by atoms with Crippen LogP contribution in [0.4, 0.5) is 8.78 Å². The number of aromatic nitrogens is 3.